The molecule has 0 spiro atoms. The largest absolute Gasteiger partial charge is 0.466 e. The van der Waals surface area contributed by atoms with Crippen LogP contribution in [0.15, 0.2) is 22.8 Å². The Labute approximate surface area is 83.0 Å². The fourth-order valence-corrected chi connectivity index (χ4v) is 0.933. The van der Waals surface area contributed by atoms with Gasteiger partial charge in [0.15, 0.2) is 0 Å². The maximum atomic E-state index is 10.3. The first-order chi connectivity index (χ1) is 5.96. The summed E-state index contributed by atoms with van der Waals surface area (Å²) in [5.41, 5.74) is 0. The first-order valence-corrected chi connectivity index (χ1v) is 3.95. The van der Waals surface area contributed by atoms with Crippen molar-refractivity contribution in [3.05, 3.63) is 34.3 Å². The fraction of sp³-hybridized carbons (Fsp3) is 0.333. The van der Waals surface area contributed by atoms with E-state index in [9.17, 15) is 15.2 Å². The van der Waals surface area contributed by atoms with Gasteiger partial charge in [0.25, 0.3) is 0 Å². The molecule has 1 unspecified atom stereocenters. The SMILES string of the molecule is O=[N+]([O-])C(Cl)(Cl)C(O)c1ccco1. The molecule has 7 heteroatoms. The summed E-state index contributed by atoms with van der Waals surface area (Å²) >= 11 is 10.5. The van der Waals surface area contributed by atoms with Crippen LogP contribution in [0.25, 0.3) is 0 Å². The van der Waals surface area contributed by atoms with Crippen molar-refractivity contribution in [1.29, 1.82) is 0 Å². The van der Waals surface area contributed by atoms with Gasteiger partial charge in [-0.3, -0.25) is 10.1 Å². The van der Waals surface area contributed by atoms with Gasteiger partial charge in [-0.25, -0.2) is 0 Å². The van der Waals surface area contributed by atoms with Gasteiger partial charge >= 0.3 is 4.46 Å². The van der Waals surface area contributed by atoms with Crippen LogP contribution in [0.4, 0.5) is 0 Å². The van der Waals surface area contributed by atoms with Gasteiger partial charge in [-0.15, -0.1) is 0 Å². The van der Waals surface area contributed by atoms with E-state index in [0.717, 1.165) is 0 Å². The Balaban J connectivity index is 2.90. The van der Waals surface area contributed by atoms with Crippen LogP contribution in [0.5, 0.6) is 0 Å². The Morgan fingerprint density at radius 1 is 1.69 bits per heavy atom. The van der Waals surface area contributed by atoms with Crippen LogP contribution in [0.3, 0.4) is 0 Å². The maximum absolute atomic E-state index is 10.3. The van der Waals surface area contributed by atoms with Crippen molar-refractivity contribution in [1.82, 2.24) is 0 Å². The number of halogens is 2. The topological polar surface area (TPSA) is 76.5 Å². The number of aliphatic hydroxyl groups excluding tert-OH is 1. The smallest absolute Gasteiger partial charge is 0.403 e. The summed E-state index contributed by atoms with van der Waals surface area (Å²) < 4.78 is 2.22. The van der Waals surface area contributed by atoms with E-state index in [4.69, 9.17) is 27.6 Å². The molecule has 0 amide bonds. The highest BCUT2D eigenvalue weighted by Gasteiger charge is 2.49. The molecular weight excluding hydrogens is 221 g/mol. The molecule has 1 aromatic heterocycles. The van der Waals surface area contributed by atoms with E-state index in [1.807, 2.05) is 0 Å². The number of hydrogen-bond donors (Lipinski definition) is 1. The molecule has 0 aromatic carbocycles. The zero-order valence-corrected chi connectivity index (χ0v) is 7.70. The zero-order chi connectivity index (χ0) is 10.1. The van der Waals surface area contributed by atoms with Gasteiger partial charge in [0.2, 0.25) is 6.10 Å². The van der Waals surface area contributed by atoms with Crippen molar-refractivity contribution in [2.24, 2.45) is 0 Å². The summed E-state index contributed by atoms with van der Waals surface area (Å²) in [6, 6.07) is 2.80. The fourth-order valence-electron chi connectivity index (χ4n) is 0.718. The zero-order valence-electron chi connectivity index (χ0n) is 6.18. The normalized spacial score (nSPS) is 14.1. The Morgan fingerprint density at radius 2 is 2.31 bits per heavy atom. The lowest BCUT2D eigenvalue weighted by atomic mass is 10.3. The number of furan rings is 1. The molecule has 0 saturated heterocycles. The lowest BCUT2D eigenvalue weighted by molar-refractivity contribution is -0.529. The second-order valence-electron chi connectivity index (χ2n) is 2.26. The average molecular weight is 226 g/mol. The molecule has 0 fully saturated rings. The van der Waals surface area contributed by atoms with Gasteiger partial charge in [0.1, 0.15) is 5.76 Å². The lowest BCUT2D eigenvalue weighted by Crippen LogP contribution is -2.32. The van der Waals surface area contributed by atoms with Gasteiger partial charge < -0.3 is 9.52 Å². The average Bonchev–Trinajstić information content (AvgIpc) is 2.54. The summed E-state index contributed by atoms with van der Waals surface area (Å²) in [7, 11) is 0. The molecule has 13 heavy (non-hydrogen) atoms. The van der Waals surface area contributed by atoms with Crippen molar-refractivity contribution in [2.45, 2.75) is 10.6 Å². The van der Waals surface area contributed by atoms with Crippen LogP contribution >= 0.6 is 23.2 Å². The van der Waals surface area contributed by atoms with Crippen LogP contribution in [-0.4, -0.2) is 14.5 Å². The first-order valence-electron chi connectivity index (χ1n) is 3.20. The monoisotopic (exact) mass is 225 g/mol. The Hall–Kier alpha value is -0.780. The molecule has 1 rings (SSSR count). The highest BCUT2D eigenvalue weighted by atomic mass is 35.5. The molecule has 0 aliphatic rings. The van der Waals surface area contributed by atoms with E-state index >= 15 is 0 Å². The highest BCUT2D eigenvalue weighted by Crippen LogP contribution is 2.36. The van der Waals surface area contributed by atoms with Gasteiger partial charge in [0.05, 0.1) is 11.2 Å². The molecule has 1 N–H and O–H groups in total. The number of nitro groups is 1. The van der Waals surface area contributed by atoms with Crippen molar-refractivity contribution >= 4 is 23.2 Å². The summed E-state index contributed by atoms with van der Waals surface area (Å²) in [4.78, 5) is 9.30. The van der Waals surface area contributed by atoms with Crippen molar-refractivity contribution < 1.29 is 14.4 Å². The Morgan fingerprint density at radius 3 is 2.69 bits per heavy atom. The molecule has 0 radical (unpaired) electrons. The molecule has 1 aromatic rings. The minimum absolute atomic E-state index is 0.0540. The molecule has 0 aliphatic heterocycles. The predicted octanol–water partition coefficient (Wildman–Crippen LogP) is 1.72. The number of alkyl halides is 2. The van der Waals surface area contributed by atoms with Crippen molar-refractivity contribution in [3.8, 4) is 0 Å². The van der Waals surface area contributed by atoms with E-state index in [0.29, 0.717) is 0 Å². The van der Waals surface area contributed by atoms with Crippen LogP contribution in [0.1, 0.15) is 11.9 Å². The number of aliphatic hydroxyl groups is 1. The minimum atomic E-state index is -2.49. The third-order valence-corrected chi connectivity index (χ3v) is 2.07. The molecule has 0 bridgehead atoms. The quantitative estimate of drug-likeness (QED) is 0.368. The van der Waals surface area contributed by atoms with Gasteiger partial charge in [-0.1, -0.05) is 0 Å². The predicted molar refractivity (Wildman–Crippen MR) is 45.1 cm³/mol. The van der Waals surface area contributed by atoms with Crippen molar-refractivity contribution in [3.63, 3.8) is 0 Å². The third kappa shape index (κ3) is 1.93. The second kappa shape index (κ2) is 3.53. The van der Waals surface area contributed by atoms with Crippen LogP contribution in [-0.2, 0) is 0 Å². The number of nitrogens with zero attached hydrogens (tertiary/aromatic N) is 1. The molecule has 72 valence electrons. The molecule has 0 aliphatic carbocycles. The minimum Gasteiger partial charge on any atom is -0.466 e. The molecule has 0 saturated carbocycles. The van der Waals surface area contributed by atoms with Crippen LogP contribution < -0.4 is 0 Å². The van der Waals surface area contributed by atoms with E-state index in [1.54, 1.807) is 0 Å². The number of hydrogen-bond acceptors (Lipinski definition) is 4. The summed E-state index contributed by atoms with van der Waals surface area (Å²) in [5, 5.41) is 19.6. The summed E-state index contributed by atoms with van der Waals surface area (Å²) in [6.45, 7) is 0. The second-order valence-corrected chi connectivity index (χ2v) is 3.61. The van der Waals surface area contributed by atoms with Gasteiger partial charge in [0, 0.05) is 0 Å². The molecule has 5 nitrogen and oxygen atoms in total. The summed E-state index contributed by atoms with van der Waals surface area (Å²) in [6.07, 6.45) is -0.441. The van der Waals surface area contributed by atoms with E-state index in [1.165, 1.54) is 18.4 Å². The van der Waals surface area contributed by atoms with Crippen LogP contribution in [0.2, 0.25) is 0 Å². The highest BCUT2D eigenvalue weighted by molar-refractivity contribution is 6.47. The molecular formula is C6H5Cl2NO4. The Bertz CT molecular complexity index is 298. The number of rotatable bonds is 3. The molecule has 1 atom stereocenters. The van der Waals surface area contributed by atoms with Gasteiger partial charge in [-0.2, -0.15) is 0 Å². The standard InChI is InChI=1S/C6H5Cl2NO4/c7-6(8,9(11)12)5(10)4-2-1-3-13-4/h1-3,5,10H. The van der Waals surface area contributed by atoms with Crippen molar-refractivity contribution in [2.75, 3.05) is 0 Å². The third-order valence-electron chi connectivity index (χ3n) is 1.39. The molecule has 1 heterocycles. The summed E-state index contributed by atoms with van der Waals surface area (Å²) in [5.74, 6) is -0.0540. The van der Waals surface area contributed by atoms with Crippen LogP contribution in [0, 0.1) is 10.1 Å². The van der Waals surface area contributed by atoms with E-state index in [2.05, 4.69) is 0 Å². The van der Waals surface area contributed by atoms with E-state index in [-0.39, 0.29) is 5.76 Å². The first kappa shape index (κ1) is 10.3. The maximum Gasteiger partial charge on any atom is 0.403 e. The lowest BCUT2D eigenvalue weighted by Gasteiger charge is -2.14. The Kier molecular flexibility index (Phi) is 2.80. The van der Waals surface area contributed by atoms with Gasteiger partial charge in [-0.05, 0) is 35.3 Å². The van der Waals surface area contributed by atoms with E-state index < -0.39 is 15.5 Å².